The number of rotatable bonds is 3. The van der Waals surface area contributed by atoms with Crippen LogP contribution in [0.25, 0.3) is 5.65 Å². The van der Waals surface area contributed by atoms with Crippen molar-refractivity contribution in [3.05, 3.63) is 46.4 Å². The number of anilines is 3. The summed E-state index contributed by atoms with van der Waals surface area (Å²) in [5, 5.41) is 3.24. The van der Waals surface area contributed by atoms with Crippen molar-refractivity contribution in [2.75, 3.05) is 10.7 Å². The number of imidazole rings is 1. The van der Waals surface area contributed by atoms with Crippen LogP contribution in [0.4, 0.5) is 17.3 Å². The van der Waals surface area contributed by atoms with Crippen molar-refractivity contribution in [2.45, 2.75) is 0 Å². The van der Waals surface area contributed by atoms with E-state index in [1.165, 1.54) is 3.57 Å². The van der Waals surface area contributed by atoms with E-state index in [1.807, 2.05) is 34.9 Å². The average molecular weight is 366 g/mol. The lowest BCUT2D eigenvalue weighted by Gasteiger charge is -2.09. The molecule has 0 radical (unpaired) electrons. The van der Waals surface area contributed by atoms with Crippen LogP contribution in [-0.4, -0.2) is 14.4 Å². The van der Waals surface area contributed by atoms with Crippen LogP contribution in [-0.2, 0) is 0 Å². The lowest BCUT2D eigenvalue weighted by Crippen LogP contribution is -2.11. The number of halogens is 1. The molecule has 0 spiro atoms. The van der Waals surface area contributed by atoms with Gasteiger partial charge in [-0.3, -0.25) is 0 Å². The fourth-order valence-electron chi connectivity index (χ4n) is 1.76. The Balaban J connectivity index is 2.03. The maximum Gasteiger partial charge on any atom is 0.180 e. The number of aromatic nitrogens is 3. The molecule has 2 heterocycles. The summed E-state index contributed by atoms with van der Waals surface area (Å²) in [6, 6.07) is 8.03. The lowest BCUT2D eigenvalue weighted by atomic mass is 10.3. The molecule has 0 aliphatic heterocycles. The van der Waals surface area contributed by atoms with Crippen molar-refractivity contribution in [3.63, 3.8) is 0 Å². The molecule has 1 aromatic carbocycles. The highest BCUT2D eigenvalue weighted by atomic mass is 127. The third-order valence-electron chi connectivity index (χ3n) is 2.63. The fraction of sp³-hybridized carbons (Fsp3) is 0. The van der Waals surface area contributed by atoms with Crippen LogP contribution in [0.1, 0.15) is 0 Å². The Hall–Kier alpha value is -1.87. The van der Waals surface area contributed by atoms with Crippen LogP contribution in [0.5, 0.6) is 0 Å². The quantitative estimate of drug-likeness (QED) is 0.377. The Morgan fingerprint density at radius 3 is 2.74 bits per heavy atom. The smallest absolute Gasteiger partial charge is 0.180 e. The summed E-state index contributed by atoms with van der Waals surface area (Å²) in [6.07, 6.45) is 5.34. The SMILES string of the molecule is NNc1cn2ccnc2c(Nc2ccc(I)cc2)n1. The molecule has 0 atom stereocenters. The first-order valence-electron chi connectivity index (χ1n) is 5.59. The predicted octanol–water partition coefficient (Wildman–Crippen LogP) is 2.36. The minimum atomic E-state index is 0.568. The Morgan fingerprint density at radius 2 is 2.00 bits per heavy atom. The highest BCUT2D eigenvalue weighted by Gasteiger charge is 2.07. The molecule has 0 bridgehead atoms. The first kappa shape index (κ1) is 12.2. The zero-order valence-electron chi connectivity index (χ0n) is 9.84. The molecule has 0 aliphatic carbocycles. The molecule has 0 amide bonds. The zero-order chi connectivity index (χ0) is 13.2. The molecule has 6 nitrogen and oxygen atoms in total. The summed E-state index contributed by atoms with van der Waals surface area (Å²) < 4.78 is 3.04. The molecular formula is C12H11IN6. The number of nitrogens with two attached hydrogens (primary N) is 1. The second-order valence-corrected chi connectivity index (χ2v) is 5.15. The van der Waals surface area contributed by atoms with Gasteiger partial charge in [0.1, 0.15) is 0 Å². The van der Waals surface area contributed by atoms with E-state index in [4.69, 9.17) is 5.84 Å². The number of benzene rings is 1. The summed E-state index contributed by atoms with van der Waals surface area (Å²) in [5.74, 6) is 6.64. The molecule has 4 N–H and O–H groups in total. The summed E-state index contributed by atoms with van der Waals surface area (Å²) in [5.41, 5.74) is 4.24. The fourth-order valence-corrected chi connectivity index (χ4v) is 2.11. The van der Waals surface area contributed by atoms with Gasteiger partial charge in [0.05, 0.1) is 6.20 Å². The number of nitrogen functional groups attached to an aromatic ring is 1. The van der Waals surface area contributed by atoms with Gasteiger partial charge in [-0.15, -0.1) is 0 Å². The third-order valence-corrected chi connectivity index (χ3v) is 3.35. The normalized spacial score (nSPS) is 10.6. The van der Waals surface area contributed by atoms with E-state index in [0.29, 0.717) is 11.6 Å². The van der Waals surface area contributed by atoms with Crippen molar-refractivity contribution < 1.29 is 0 Å². The summed E-state index contributed by atoms with van der Waals surface area (Å²) in [4.78, 5) is 8.65. The second-order valence-electron chi connectivity index (χ2n) is 3.91. The lowest BCUT2D eigenvalue weighted by molar-refractivity contribution is 1.11. The molecule has 3 aromatic rings. The number of fused-ring (bicyclic) bond motifs is 1. The van der Waals surface area contributed by atoms with Gasteiger partial charge >= 0.3 is 0 Å². The Bertz CT molecular complexity index is 706. The van der Waals surface area contributed by atoms with E-state index in [9.17, 15) is 0 Å². The molecule has 7 heteroatoms. The number of hydrogen-bond donors (Lipinski definition) is 3. The summed E-state index contributed by atoms with van der Waals surface area (Å²) >= 11 is 2.27. The summed E-state index contributed by atoms with van der Waals surface area (Å²) in [6.45, 7) is 0. The average Bonchev–Trinajstić information content (AvgIpc) is 2.89. The van der Waals surface area contributed by atoms with Gasteiger partial charge in [0, 0.05) is 21.7 Å². The van der Waals surface area contributed by atoms with E-state index >= 15 is 0 Å². The number of nitrogens with zero attached hydrogens (tertiary/aromatic N) is 3. The van der Waals surface area contributed by atoms with Crippen molar-refractivity contribution in [2.24, 2.45) is 5.84 Å². The molecule has 0 aliphatic rings. The number of nitrogens with one attached hydrogen (secondary N) is 2. The van der Waals surface area contributed by atoms with Crippen LogP contribution in [0, 0.1) is 3.57 Å². The predicted molar refractivity (Wildman–Crippen MR) is 83.2 cm³/mol. The van der Waals surface area contributed by atoms with Gasteiger partial charge in [0.2, 0.25) is 0 Å². The highest BCUT2D eigenvalue weighted by molar-refractivity contribution is 14.1. The zero-order valence-corrected chi connectivity index (χ0v) is 12.0. The maximum absolute atomic E-state index is 5.42. The molecule has 0 unspecified atom stereocenters. The minimum absolute atomic E-state index is 0.568. The largest absolute Gasteiger partial charge is 0.337 e. The van der Waals surface area contributed by atoms with Gasteiger partial charge in [-0.05, 0) is 46.9 Å². The highest BCUT2D eigenvalue weighted by Crippen LogP contribution is 2.21. The van der Waals surface area contributed by atoms with E-state index in [-0.39, 0.29) is 0 Å². The monoisotopic (exact) mass is 366 g/mol. The van der Waals surface area contributed by atoms with E-state index in [1.54, 1.807) is 12.4 Å². The van der Waals surface area contributed by atoms with Gasteiger partial charge in [-0.1, -0.05) is 0 Å². The van der Waals surface area contributed by atoms with E-state index in [2.05, 4.69) is 43.3 Å². The standard InChI is InChI=1S/C12H11IN6/c13-8-1-3-9(4-2-8)16-11-12-15-5-6-19(12)7-10(17-11)18-14/h1-7,18H,14H2,(H,16,17). The maximum atomic E-state index is 5.42. The number of hydrazine groups is 1. The minimum Gasteiger partial charge on any atom is -0.337 e. The van der Waals surface area contributed by atoms with Crippen molar-refractivity contribution in [3.8, 4) is 0 Å². The molecule has 3 rings (SSSR count). The molecular weight excluding hydrogens is 355 g/mol. The van der Waals surface area contributed by atoms with Crippen LogP contribution in [0.3, 0.4) is 0 Å². The van der Waals surface area contributed by atoms with Gasteiger partial charge in [0.15, 0.2) is 17.3 Å². The third kappa shape index (κ3) is 2.47. The molecule has 19 heavy (non-hydrogen) atoms. The van der Waals surface area contributed by atoms with Crippen LogP contribution in [0.2, 0.25) is 0 Å². The van der Waals surface area contributed by atoms with E-state index < -0.39 is 0 Å². The first-order chi connectivity index (χ1) is 9.26. The topological polar surface area (TPSA) is 80.3 Å². The molecule has 96 valence electrons. The van der Waals surface area contributed by atoms with Crippen molar-refractivity contribution >= 4 is 45.6 Å². The Labute approximate surface area is 123 Å². The summed E-state index contributed by atoms with van der Waals surface area (Å²) in [7, 11) is 0. The first-order valence-corrected chi connectivity index (χ1v) is 6.67. The van der Waals surface area contributed by atoms with Gasteiger partial charge < -0.3 is 15.1 Å². The van der Waals surface area contributed by atoms with Crippen molar-refractivity contribution in [1.82, 2.24) is 14.4 Å². The Kier molecular flexibility index (Phi) is 3.22. The van der Waals surface area contributed by atoms with Gasteiger partial charge in [-0.25, -0.2) is 15.8 Å². The van der Waals surface area contributed by atoms with Gasteiger partial charge in [-0.2, -0.15) is 0 Å². The van der Waals surface area contributed by atoms with Gasteiger partial charge in [0.25, 0.3) is 0 Å². The molecule has 0 saturated carbocycles. The molecule has 2 aromatic heterocycles. The second kappa shape index (κ2) is 5.02. The number of hydrogen-bond acceptors (Lipinski definition) is 5. The molecule has 0 saturated heterocycles. The van der Waals surface area contributed by atoms with Crippen molar-refractivity contribution in [1.29, 1.82) is 0 Å². The van der Waals surface area contributed by atoms with E-state index in [0.717, 1.165) is 11.3 Å². The Morgan fingerprint density at radius 1 is 1.21 bits per heavy atom. The van der Waals surface area contributed by atoms with Crippen LogP contribution in [0.15, 0.2) is 42.9 Å². The molecule has 0 fully saturated rings. The van der Waals surface area contributed by atoms with Crippen LogP contribution >= 0.6 is 22.6 Å². The van der Waals surface area contributed by atoms with Crippen LogP contribution < -0.4 is 16.6 Å².